The van der Waals surface area contributed by atoms with Crippen molar-refractivity contribution < 1.29 is 22.0 Å². The van der Waals surface area contributed by atoms with Crippen molar-refractivity contribution in [3.63, 3.8) is 0 Å². The molecule has 108 valence electrons. The van der Waals surface area contributed by atoms with Gasteiger partial charge >= 0.3 is 0 Å². The van der Waals surface area contributed by atoms with E-state index in [4.69, 9.17) is 16.9 Å². The van der Waals surface area contributed by atoms with Crippen molar-refractivity contribution in [2.75, 3.05) is 0 Å². The van der Waals surface area contributed by atoms with Crippen LogP contribution in [-0.4, -0.2) is 4.98 Å². The highest BCUT2D eigenvalue weighted by Crippen LogP contribution is 2.35. The van der Waals surface area contributed by atoms with Gasteiger partial charge in [-0.3, -0.25) is 4.98 Å². The molecule has 1 aromatic heterocycles. The molecule has 21 heavy (non-hydrogen) atoms. The van der Waals surface area contributed by atoms with Gasteiger partial charge in [0, 0.05) is 6.20 Å². The second-order valence-corrected chi connectivity index (χ2v) is 4.29. The molecular formula is C13H4ClF5N2. The van der Waals surface area contributed by atoms with Crippen molar-refractivity contribution in [2.24, 2.45) is 0 Å². The summed E-state index contributed by atoms with van der Waals surface area (Å²) in [7, 11) is 0. The first-order chi connectivity index (χ1) is 9.90. The number of rotatable bonds is 2. The van der Waals surface area contributed by atoms with Crippen molar-refractivity contribution in [1.82, 2.24) is 4.98 Å². The van der Waals surface area contributed by atoms with Crippen molar-refractivity contribution in [3.05, 3.63) is 51.9 Å². The smallest absolute Gasteiger partial charge is 0.200 e. The van der Waals surface area contributed by atoms with Crippen LogP contribution >= 0.6 is 11.6 Å². The highest BCUT2D eigenvalue weighted by molar-refractivity contribution is 6.33. The van der Waals surface area contributed by atoms with E-state index in [2.05, 4.69) is 4.98 Å². The summed E-state index contributed by atoms with van der Waals surface area (Å²) < 4.78 is 66.8. The molecule has 0 aliphatic carbocycles. The van der Waals surface area contributed by atoms with Crippen LogP contribution in [0.15, 0.2) is 12.3 Å². The molecule has 8 heteroatoms. The topological polar surface area (TPSA) is 36.7 Å². The first-order valence-corrected chi connectivity index (χ1v) is 5.80. The van der Waals surface area contributed by atoms with E-state index >= 15 is 0 Å². The van der Waals surface area contributed by atoms with E-state index in [1.165, 1.54) is 6.07 Å². The molecule has 0 radical (unpaired) electrons. The fourth-order valence-corrected chi connectivity index (χ4v) is 1.97. The van der Waals surface area contributed by atoms with Crippen molar-refractivity contribution in [2.45, 2.75) is 6.42 Å². The fourth-order valence-electron chi connectivity index (χ4n) is 1.69. The van der Waals surface area contributed by atoms with Gasteiger partial charge in [0.2, 0.25) is 5.82 Å². The lowest BCUT2D eigenvalue weighted by Crippen LogP contribution is -2.05. The zero-order valence-electron chi connectivity index (χ0n) is 10.0. The summed E-state index contributed by atoms with van der Waals surface area (Å²) in [5.74, 6) is -10.5. The van der Waals surface area contributed by atoms with E-state index in [1.807, 2.05) is 0 Å². The summed E-state index contributed by atoms with van der Waals surface area (Å²) in [6, 6.07) is 3.06. The van der Waals surface area contributed by atoms with Crippen LogP contribution in [0.1, 0.15) is 5.56 Å². The normalized spacial score (nSPS) is 10.5. The van der Waals surface area contributed by atoms with Crippen LogP contribution in [0.2, 0.25) is 5.02 Å². The molecule has 0 fully saturated rings. The maximum atomic E-state index is 13.7. The molecule has 1 aromatic carbocycles. The van der Waals surface area contributed by atoms with Gasteiger partial charge in [-0.15, -0.1) is 0 Å². The molecule has 0 atom stereocenters. The lowest BCUT2D eigenvalue weighted by molar-refractivity contribution is 0.381. The molecule has 1 heterocycles. The van der Waals surface area contributed by atoms with Crippen LogP contribution in [0.3, 0.4) is 0 Å². The van der Waals surface area contributed by atoms with Crippen LogP contribution in [0.5, 0.6) is 0 Å². The van der Waals surface area contributed by atoms with E-state index in [0.29, 0.717) is 0 Å². The molecule has 0 aliphatic heterocycles. The van der Waals surface area contributed by atoms with E-state index in [-0.39, 0.29) is 17.0 Å². The Morgan fingerprint density at radius 3 is 2.05 bits per heavy atom. The number of nitrogens with zero attached hydrogens (tertiary/aromatic N) is 2. The van der Waals surface area contributed by atoms with E-state index in [0.717, 1.165) is 6.20 Å². The Kier molecular flexibility index (Phi) is 4.09. The third kappa shape index (κ3) is 2.43. The van der Waals surface area contributed by atoms with Crippen molar-refractivity contribution >= 4 is 11.6 Å². The average Bonchev–Trinajstić information content (AvgIpc) is 2.47. The molecule has 0 unspecified atom stereocenters. The van der Waals surface area contributed by atoms with Crippen molar-refractivity contribution in [1.29, 1.82) is 5.26 Å². The van der Waals surface area contributed by atoms with Crippen LogP contribution in [-0.2, 0) is 6.42 Å². The second kappa shape index (κ2) is 5.66. The third-order valence-corrected chi connectivity index (χ3v) is 3.11. The Bertz CT molecular complexity index is 741. The number of benzene rings is 1. The second-order valence-electron chi connectivity index (χ2n) is 3.91. The largest absolute Gasteiger partial charge is 0.254 e. The Morgan fingerprint density at radius 1 is 1.00 bits per heavy atom. The first kappa shape index (κ1) is 15.2. The maximum absolute atomic E-state index is 13.7. The first-order valence-electron chi connectivity index (χ1n) is 5.42. The number of halogens is 6. The lowest BCUT2D eigenvalue weighted by Gasteiger charge is -2.10. The van der Waals surface area contributed by atoms with Gasteiger partial charge in [-0.1, -0.05) is 11.6 Å². The van der Waals surface area contributed by atoms with Gasteiger partial charge in [0.15, 0.2) is 23.3 Å². The van der Waals surface area contributed by atoms with E-state index < -0.39 is 40.3 Å². The molecule has 0 saturated heterocycles. The Labute approximate surface area is 120 Å². The molecular weight excluding hydrogens is 315 g/mol. The summed E-state index contributed by atoms with van der Waals surface area (Å²) in [4.78, 5) is 3.55. The van der Waals surface area contributed by atoms with Gasteiger partial charge in [0.05, 0.1) is 28.8 Å². The van der Waals surface area contributed by atoms with Gasteiger partial charge in [0.25, 0.3) is 0 Å². The van der Waals surface area contributed by atoms with Crippen LogP contribution in [0.4, 0.5) is 22.0 Å². The molecule has 0 N–H and O–H groups in total. The summed E-state index contributed by atoms with van der Waals surface area (Å²) in [6.07, 6.45) is 0.857. The molecule has 2 aromatic rings. The number of pyridine rings is 1. The zero-order chi connectivity index (χ0) is 15.7. The van der Waals surface area contributed by atoms with Crippen LogP contribution in [0.25, 0.3) is 11.3 Å². The highest BCUT2D eigenvalue weighted by atomic mass is 35.5. The van der Waals surface area contributed by atoms with Crippen LogP contribution in [0, 0.1) is 40.4 Å². The van der Waals surface area contributed by atoms with Gasteiger partial charge in [-0.2, -0.15) is 5.26 Å². The minimum absolute atomic E-state index is 0.160. The summed E-state index contributed by atoms with van der Waals surface area (Å²) in [5, 5.41) is 8.25. The standard InChI is InChI=1S/C13H4ClF5N2/c14-7-5(1-3-20)2-4-21-13(7)6-8(15)10(17)12(19)11(18)9(6)16/h2,4H,1H2. The average molecular weight is 319 g/mol. The molecule has 2 rings (SSSR count). The molecule has 0 saturated carbocycles. The Balaban J connectivity index is 2.81. The number of nitriles is 1. The van der Waals surface area contributed by atoms with Gasteiger partial charge in [0.1, 0.15) is 0 Å². The summed E-state index contributed by atoms with van der Waals surface area (Å²) >= 11 is 5.82. The third-order valence-electron chi connectivity index (χ3n) is 2.69. The predicted octanol–water partition coefficient (Wildman–Crippen LogP) is 4.16. The predicted molar refractivity (Wildman–Crippen MR) is 63.8 cm³/mol. The van der Waals surface area contributed by atoms with Gasteiger partial charge in [-0.05, 0) is 11.6 Å². The molecule has 2 nitrogen and oxygen atoms in total. The van der Waals surface area contributed by atoms with Crippen LogP contribution < -0.4 is 0 Å². The molecule has 0 amide bonds. The zero-order valence-corrected chi connectivity index (χ0v) is 10.8. The lowest BCUT2D eigenvalue weighted by atomic mass is 10.1. The van der Waals surface area contributed by atoms with Crippen molar-refractivity contribution in [3.8, 4) is 17.3 Å². The highest BCUT2D eigenvalue weighted by Gasteiger charge is 2.28. The quantitative estimate of drug-likeness (QED) is 0.473. The number of hydrogen-bond acceptors (Lipinski definition) is 2. The maximum Gasteiger partial charge on any atom is 0.200 e. The minimum atomic E-state index is -2.27. The van der Waals surface area contributed by atoms with Gasteiger partial charge < -0.3 is 0 Å². The monoisotopic (exact) mass is 318 g/mol. The van der Waals surface area contributed by atoms with E-state index in [1.54, 1.807) is 6.07 Å². The van der Waals surface area contributed by atoms with E-state index in [9.17, 15) is 22.0 Å². The summed E-state index contributed by atoms with van der Waals surface area (Å²) in [5.41, 5.74) is -1.68. The molecule has 0 aliphatic rings. The minimum Gasteiger partial charge on any atom is -0.254 e. The fraction of sp³-hybridized carbons (Fsp3) is 0.0769. The Hall–Kier alpha value is -2.20. The number of aromatic nitrogens is 1. The molecule has 0 bridgehead atoms. The Morgan fingerprint density at radius 2 is 1.52 bits per heavy atom. The SMILES string of the molecule is N#CCc1ccnc(-c2c(F)c(F)c(F)c(F)c2F)c1Cl. The number of hydrogen-bond donors (Lipinski definition) is 0. The summed E-state index contributed by atoms with van der Waals surface area (Å²) in [6.45, 7) is 0. The molecule has 0 spiro atoms. The van der Waals surface area contributed by atoms with Gasteiger partial charge in [-0.25, -0.2) is 22.0 Å².